The second-order valence-electron chi connectivity index (χ2n) is 11.9. The maximum atomic E-state index is 12.5. The number of fused-ring (bicyclic) bond motifs is 1. The number of benzene rings is 2. The number of esters is 1. The Morgan fingerprint density at radius 1 is 1.05 bits per heavy atom. The van der Waals surface area contributed by atoms with Crippen LogP contribution < -0.4 is 0 Å². The van der Waals surface area contributed by atoms with Crippen LogP contribution in [0.5, 0.6) is 0 Å². The maximum Gasteiger partial charge on any atom is 0.491 e. The standard InChI is InChI=1S/C32H39BFNO4/c1-31(2)32(3,4)39-33(38-31)28-9-6-8-25-19-26(30(36)37-5)14-15-27(25)29(28)24-12-10-22(11-13-24)18-23-20-35(21-23)17-7-16-34/h10-15,18-19H,6-9,16-17,20-21H2,1-5H3. The van der Waals surface area contributed by atoms with Crippen LogP contribution in [0.4, 0.5) is 4.39 Å². The summed E-state index contributed by atoms with van der Waals surface area (Å²) in [6.07, 6.45) is 5.47. The van der Waals surface area contributed by atoms with E-state index in [9.17, 15) is 9.18 Å². The van der Waals surface area contributed by atoms with E-state index >= 15 is 0 Å². The van der Waals surface area contributed by atoms with E-state index in [1.807, 2.05) is 18.2 Å². The van der Waals surface area contributed by atoms with Crippen molar-refractivity contribution >= 4 is 24.7 Å². The molecular weight excluding hydrogens is 492 g/mol. The Labute approximate surface area is 232 Å². The molecule has 7 heteroatoms. The van der Waals surface area contributed by atoms with E-state index in [1.165, 1.54) is 12.7 Å². The highest BCUT2D eigenvalue weighted by Crippen LogP contribution is 2.44. The highest BCUT2D eigenvalue weighted by molar-refractivity contribution is 6.56. The van der Waals surface area contributed by atoms with Crippen molar-refractivity contribution in [2.24, 2.45) is 0 Å². The first kappa shape index (κ1) is 27.8. The molecule has 0 saturated carbocycles. The molecule has 5 rings (SSSR count). The quantitative estimate of drug-likeness (QED) is 0.310. The lowest BCUT2D eigenvalue weighted by Gasteiger charge is -2.33. The zero-order valence-electron chi connectivity index (χ0n) is 23.8. The summed E-state index contributed by atoms with van der Waals surface area (Å²) in [4.78, 5) is 14.6. The number of likely N-dealkylation sites (tertiary alicyclic amines) is 1. The van der Waals surface area contributed by atoms with Crippen LogP contribution in [-0.4, -0.2) is 62.6 Å². The number of carbonyl (C=O) groups is 1. The highest BCUT2D eigenvalue weighted by atomic mass is 19.1. The molecule has 0 atom stereocenters. The molecule has 0 amide bonds. The molecule has 206 valence electrons. The lowest BCUT2D eigenvalue weighted by Crippen LogP contribution is -2.41. The van der Waals surface area contributed by atoms with Gasteiger partial charge in [-0.25, -0.2) is 4.79 Å². The summed E-state index contributed by atoms with van der Waals surface area (Å²) >= 11 is 0. The molecular formula is C32H39BFNO4. The Kier molecular flexibility index (Phi) is 7.87. The monoisotopic (exact) mass is 531 g/mol. The Balaban J connectivity index is 1.52. The molecule has 1 aliphatic carbocycles. The Hall–Kier alpha value is -2.74. The normalized spacial score (nSPS) is 20.4. The van der Waals surface area contributed by atoms with Crippen molar-refractivity contribution in [3.63, 3.8) is 0 Å². The molecule has 2 aromatic carbocycles. The van der Waals surface area contributed by atoms with Gasteiger partial charge in [0.2, 0.25) is 0 Å². The number of halogens is 1. The van der Waals surface area contributed by atoms with E-state index in [1.54, 1.807) is 0 Å². The first-order chi connectivity index (χ1) is 18.6. The van der Waals surface area contributed by atoms with E-state index in [2.05, 4.69) is 62.9 Å². The van der Waals surface area contributed by atoms with E-state index in [0.717, 1.165) is 72.2 Å². The van der Waals surface area contributed by atoms with Gasteiger partial charge in [-0.3, -0.25) is 9.29 Å². The summed E-state index contributed by atoms with van der Waals surface area (Å²) in [6, 6.07) is 14.5. The van der Waals surface area contributed by atoms with Crippen LogP contribution in [0.2, 0.25) is 0 Å². The van der Waals surface area contributed by atoms with Crippen molar-refractivity contribution < 1.29 is 23.2 Å². The number of ether oxygens (including phenoxy) is 1. The number of allylic oxidation sites excluding steroid dienone is 1. The van der Waals surface area contributed by atoms with Gasteiger partial charge in [0, 0.05) is 19.6 Å². The molecule has 0 bridgehead atoms. The van der Waals surface area contributed by atoms with Gasteiger partial charge in [-0.15, -0.1) is 0 Å². The second kappa shape index (κ2) is 11.0. The lowest BCUT2D eigenvalue weighted by atomic mass is 9.70. The Morgan fingerprint density at radius 3 is 2.38 bits per heavy atom. The third kappa shape index (κ3) is 5.63. The summed E-state index contributed by atoms with van der Waals surface area (Å²) in [5, 5.41) is 0. The molecule has 3 aliphatic rings. The molecule has 0 spiro atoms. The van der Waals surface area contributed by atoms with Crippen LogP contribution >= 0.6 is 0 Å². The minimum atomic E-state index is -0.441. The first-order valence-electron chi connectivity index (χ1n) is 14.0. The van der Waals surface area contributed by atoms with Crippen molar-refractivity contribution in [1.29, 1.82) is 0 Å². The highest BCUT2D eigenvalue weighted by Gasteiger charge is 2.53. The number of methoxy groups -OCH3 is 1. The van der Waals surface area contributed by atoms with Gasteiger partial charge in [0.1, 0.15) is 0 Å². The van der Waals surface area contributed by atoms with Crippen LogP contribution in [0.15, 0.2) is 53.5 Å². The zero-order valence-corrected chi connectivity index (χ0v) is 23.8. The summed E-state index contributed by atoms with van der Waals surface area (Å²) in [5.41, 5.74) is 7.84. The van der Waals surface area contributed by atoms with Gasteiger partial charge in [-0.05, 0) is 104 Å². The van der Waals surface area contributed by atoms with Crippen molar-refractivity contribution in [2.45, 2.75) is 64.6 Å². The number of aryl methyl sites for hydroxylation is 1. The summed E-state index contributed by atoms with van der Waals surface area (Å²) in [6.45, 7) is 10.7. The summed E-state index contributed by atoms with van der Waals surface area (Å²) in [5.74, 6) is -0.324. The van der Waals surface area contributed by atoms with Gasteiger partial charge in [-0.2, -0.15) is 0 Å². The topological polar surface area (TPSA) is 48.0 Å². The van der Waals surface area contributed by atoms with Crippen molar-refractivity contribution in [3.05, 3.63) is 81.3 Å². The largest absolute Gasteiger partial charge is 0.491 e. The number of rotatable bonds is 7. The maximum absolute atomic E-state index is 12.5. The summed E-state index contributed by atoms with van der Waals surface area (Å²) < 4.78 is 30.5. The van der Waals surface area contributed by atoms with Crippen LogP contribution in [0, 0.1) is 0 Å². The Morgan fingerprint density at radius 2 is 1.74 bits per heavy atom. The zero-order chi connectivity index (χ0) is 27.8. The van der Waals surface area contributed by atoms with Gasteiger partial charge in [-0.1, -0.05) is 36.4 Å². The van der Waals surface area contributed by atoms with Crippen LogP contribution in [-0.2, 0) is 20.5 Å². The number of nitrogens with zero attached hydrogens (tertiary/aromatic N) is 1. The molecule has 2 heterocycles. The molecule has 0 N–H and O–H groups in total. The van der Waals surface area contributed by atoms with E-state index < -0.39 is 18.3 Å². The number of hydrogen-bond donors (Lipinski definition) is 0. The molecule has 2 aliphatic heterocycles. The first-order valence-corrected chi connectivity index (χ1v) is 14.0. The smallest absolute Gasteiger partial charge is 0.465 e. The van der Waals surface area contributed by atoms with Crippen molar-refractivity contribution in [1.82, 2.24) is 4.90 Å². The fourth-order valence-electron chi connectivity index (χ4n) is 5.66. The van der Waals surface area contributed by atoms with E-state index in [0.29, 0.717) is 12.0 Å². The predicted octanol–water partition coefficient (Wildman–Crippen LogP) is 6.30. The van der Waals surface area contributed by atoms with E-state index in [-0.39, 0.29) is 12.6 Å². The van der Waals surface area contributed by atoms with Gasteiger partial charge in [0.15, 0.2) is 0 Å². The SMILES string of the molecule is COC(=O)c1ccc2c(c1)CCCC(B1OC(C)(C)C(C)(C)O1)=C2c1ccc(C=C2CN(CCCF)C2)cc1. The molecule has 0 radical (unpaired) electrons. The fourth-order valence-corrected chi connectivity index (χ4v) is 5.66. The molecule has 0 aromatic heterocycles. The average molecular weight is 531 g/mol. The fraction of sp³-hybridized carbons (Fsp3) is 0.469. The van der Waals surface area contributed by atoms with E-state index in [4.69, 9.17) is 14.0 Å². The van der Waals surface area contributed by atoms with Gasteiger partial charge >= 0.3 is 13.1 Å². The number of hydrogen-bond acceptors (Lipinski definition) is 5. The Bertz CT molecular complexity index is 1270. The third-order valence-corrected chi connectivity index (χ3v) is 8.58. The molecule has 2 fully saturated rings. The van der Waals surface area contributed by atoms with Crippen molar-refractivity contribution in [2.75, 3.05) is 33.4 Å². The van der Waals surface area contributed by atoms with Gasteiger partial charge in [0.05, 0.1) is 30.5 Å². The minimum Gasteiger partial charge on any atom is -0.465 e. The molecule has 2 aromatic rings. The average Bonchev–Trinajstić information content (AvgIpc) is 3.01. The third-order valence-electron chi connectivity index (χ3n) is 8.58. The summed E-state index contributed by atoms with van der Waals surface area (Å²) in [7, 11) is 0.973. The molecule has 39 heavy (non-hydrogen) atoms. The second-order valence-corrected chi connectivity index (χ2v) is 11.9. The molecule has 0 unspecified atom stereocenters. The predicted molar refractivity (Wildman–Crippen MR) is 154 cm³/mol. The van der Waals surface area contributed by atoms with Crippen LogP contribution in [0.25, 0.3) is 11.6 Å². The van der Waals surface area contributed by atoms with Gasteiger partial charge < -0.3 is 14.0 Å². The molecule has 2 saturated heterocycles. The van der Waals surface area contributed by atoms with Crippen LogP contribution in [0.1, 0.15) is 79.6 Å². The minimum absolute atomic E-state index is 0.256. The number of alkyl halides is 1. The van der Waals surface area contributed by atoms with Gasteiger partial charge in [0.25, 0.3) is 0 Å². The number of carbonyl (C=O) groups excluding carboxylic acids is 1. The van der Waals surface area contributed by atoms with Crippen molar-refractivity contribution in [3.8, 4) is 0 Å². The van der Waals surface area contributed by atoms with Crippen LogP contribution in [0.3, 0.4) is 0 Å². The molecule has 5 nitrogen and oxygen atoms in total. The lowest BCUT2D eigenvalue weighted by molar-refractivity contribution is 0.00578.